The van der Waals surface area contributed by atoms with Crippen molar-refractivity contribution in [3.05, 3.63) is 0 Å². The quantitative estimate of drug-likeness (QED) is 0.551. The van der Waals surface area contributed by atoms with E-state index in [1.807, 2.05) is 10.8 Å². The molecule has 0 heterocycles. The molecule has 4 nitrogen and oxygen atoms in total. The molecule has 0 unspecified atom stereocenters. The zero-order valence-corrected chi connectivity index (χ0v) is 10.5. The number of carbonyl (C=O) groups excluding carboxylic acids is 2. The van der Waals surface area contributed by atoms with Crippen LogP contribution in [0.15, 0.2) is 0 Å². The van der Waals surface area contributed by atoms with E-state index in [-0.39, 0.29) is 18.0 Å². The number of rotatable bonds is 2. The molecule has 0 aromatic carbocycles. The number of ketones is 2. The van der Waals surface area contributed by atoms with Gasteiger partial charge in [-0.2, -0.15) is 10.5 Å². The van der Waals surface area contributed by atoms with Gasteiger partial charge in [0.25, 0.3) is 0 Å². The average molecular weight is 254 g/mol. The zero-order chi connectivity index (χ0) is 12.3. The van der Waals surface area contributed by atoms with Crippen LogP contribution in [-0.2, 0) is 9.59 Å². The van der Waals surface area contributed by atoms with Crippen molar-refractivity contribution in [2.45, 2.75) is 30.8 Å². The molecule has 0 aromatic heterocycles. The van der Waals surface area contributed by atoms with Crippen LogP contribution in [0.2, 0.25) is 0 Å². The lowest BCUT2D eigenvalue weighted by Crippen LogP contribution is -2.50. The molecule has 0 N–H and O–H groups in total. The molecule has 0 aromatic rings. The lowest BCUT2D eigenvalue weighted by atomic mass is 9.74. The van der Waals surface area contributed by atoms with Gasteiger partial charge in [0.1, 0.15) is 10.8 Å². The Kier molecular flexibility index (Phi) is 4.01. The summed E-state index contributed by atoms with van der Waals surface area (Å²) < 4.78 is 0. The zero-order valence-electron chi connectivity index (χ0n) is 8.89. The standard InChI is InChI=1S/C10H10N2O2S2/c1-10(2)8(13)6(15-4-11)3-7(9(10)14)16-5-12/h6-7H,3H2,1-2H3/t6-,7+. The van der Waals surface area contributed by atoms with Crippen molar-refractivity contribution in [1.29, 1.82) is 10.5 Å². The maximum atomic E-state index is 11.9. The van der Waals surface area contributed by atoms with Crippen LogP contribution in [0.1, 0.15) is 20.3 Å². The van der Waals surface area contributed by atoms with Gasteiger partial charge in [-0.3, -0.25) is 9.59 Å². The van der Waals surface area contributed by atoms with Crippen molar-refractivity contribution in [2.75, 3.05) is 0 Å². The first kappa shape index (κ1) is 13.1. The van der Waals surface area contributed by atoms with Crippen LogP contribution in [0.5, 0.6) is 0 Å². The van der Waals surface area contributed by atoms with Crippen LogP contribution >= 0.6 is 23.5 Å². The predicted molar refractivity (Wildman–Crippen MR) is 62.4 cm³/mol. The summed E-state index contributed by atoms with van der Waals surface area (Å²) in [4.78, 5) is 23.8. The molecular weight excluding hydrogens is 244 g/mol. The molecule has 0 aliphatic heterocycles. The minimum absolute atomic E-state index is 0.209. The highest BCUT2D eigenvalue weighted by molar-refractivity contribution is 8.06. The van der Waals surface area contributed by atoms with E-state index in [0.29, 0.717) is 0 Å². The van der Waals surface area contributed by atoms with E-state index >= 15 is 0 Å². The third-order valence-corrected chi connectivity index (χ3v) is 4.23. The Hall–Kier alpha value is -0.980. The molecule has 1 saturated carbocycles. The second-order valence-electron chi connectivity index (χ2n) is 3.98. The Balaban J connectivity index is 2.98. The van der Waals surface area contributed by atoms with Crippen molar-refractivity contribution in [3.8, 4) is 10.8 Å². The summed E-state index contributed by atoms with van der Waals surface area (Å²) in [5.74, 6) is -0.419. The second-order valence-corrected chi connectivity index (χ2v) is 5.96. The molecule has 1 aliphatic rings. The highest BCUT2D eigenvalue weighted by atomic mass is 32.2. The first-order chi connectivity index (χ1) is 7.45. The lowest BCUT2D eigenvalue weighted by Gasteiger charge is -2.34. The summed E-state index contributed by atoms with van der Waals surface area (Å²) in [6.45, 7) is 3.12. The Bertz CT molecular complexity index is 370. The minimum atomic E-state index is -1.08. The van der Waals surface area contributed by atoms with Gasteiger partial charge in [-0.25, -0.2) is 0 Å². The molecule has 1 rings (SSSR count). The maximum Gasteiger partial charge on any atom is 0.159 e. The van der Waals surface area contributed by atoms with Gasteiger partial charge in [0.05, 0.1) is 15.9 Å². The minimum Gasteiger partial charge on any atom is -0.297 e. The molecule has 84 valence electrons. The normalized spacial score (nSPS) is 28.2. The number of thiocyanates is 2. The number of thioether (sulfide) groups is 2. The van der Waals surface area contributed by atoms with Crippen LogP contribution in [-0.4, -0.2) is 22.1 Å². The van der Waals surface area contributed by atoms with Gasteiger partial charge in [0, 0.05) is 0 Å². The van der Waals surface area contributed by atoms with Gasteiger partial charge < -0.3 is 0 Å². The van der Waals surface area contributed by atoms with Gasteiger partial charge in [-0.05, 0) is 43.8 Å². The van der Waals surface area contributed by atoms with E-state index in [9.17, 15) is 9.59 Å². The third kappa shape index (κ3) is 2.23. The van der Waals surface area contributed by atoms with Gasteiger partial charge in [-0.1, -0.05) is 0 Å². The Morgan fingerprint density at radius 3 is 1.81 bits per heavy atom. The highest BCUT2D eigenvalue weighted by Crippen LogP contribution is 2.39. The summed E-state index contributed by atoms with van der Waals surface area (Å²) in [6.07, 6.45) is 0.275. The van der Waals surface area contributed by atoms with Crippen molar-refractivity contribution >= 4 is 35.1 Å². The van der Waals surface area contributed by atoms with Gasteiger partial charge in [-0.15, -0.1) is 0 Å². The number of nitriles is 2. The van der Waals surface area contributed by atoms with E-state index in [2.05, 4.69) is 0 Å². The van der Waals surface area contributed by atoms with Gasteiger partial charge in [0.2, 0.25) is 0 Å². The monoisotopic (exact) mass is 254 g/mol. The number of hydrogen-bond acceptors (Lipinski definition) is 6. The molecule has 0 spiro atoms. The lowest BCUT2D eigenvalue weighted by molar-refractivity contribution is -0.140. The Morgan fingerprint density at radius 2 is 1.50 bits per heavy atom. The Labute approximate surface area is 102 Å². The summed E-state index contributed by atoms with van der Waals surface area (Å²) in [6, 6.07) is 0. The fourth-order valence-corrected chi connectivity index (χ4v) is 3.42. The maximum absolute atomic E-state index is 11.9. The topological polar surface area (TPSA) is 81.7 Å². The second kappa shape index (κ2) is 4.90. The van der Waals surface area contributed by atoms with Crippen molar-refractivity contribution in [3.63, 3.8) is 0 Å². The molecule has 0 saturated heterocycles. The molecule has 1 aliphatic carbocycles. The van der Waals surface area contributed by atoms with E-state index in [4.69, 9.17) is 10.5 Å². The van der Waals surface area contributed by atoms with Crippen molar-refractivity contribution < 1.29 is 9.59 Å². The average Bonchev–Trinajstić information content (AvgIpc) is 2.23. The largest absolute Gasteiger partial charge is 0.297 e. The predicted octanol–water partition coefficient (Wildman–Crippen LogP) is 1.72. The molecule has 1 fully saturated rings. The van der Waals surface area contributed by atoms with Crippen molar-refractivity contribution in [1.82, 2.24) is 0 Å². The number of carbonyl (C=O) groups is 2. The van der Waals surface area contributed by atoms with Crippen LogP contribution in [0.3, 0.4) is 0 Å². The van der Waals surface area contributed by atoms with Crippen LogP contribution in [0, 0.1) is 26.7 Å². The van der Waals surface area contributed by atoms with E-state index in [1.54, 1.807) is 13.8 Å². The molecule has 0 radical (unpaired) electrons. The third-order valence-electron chi connectivity index (χ3n) is 2.63. The number of Topliss-reactive ketones (excluding diaryl/α,β-unsaturated/α-hetero) is 2. The fourth-order valence-electron chi connectivity index (χ4n) is 1.67. The molecule has 0 amide bonds. The van der Waals surface area contributed by atoms with Crippen LogP contribution in [0.25, 0.3) is 0 Å². The fraction of sp³-hybridized carbons (Fsp3) is 0.600. The smallest absolute Gasteiger partial charge is 0.159 e. The van der Waals surface area contributed by atoms with E-state index in [1.165, 1.54) is 0 Å². The van der Waals surface area contributed by atoms with Gasteiger partial charge in [0.15, 0.2) is 11.6 Å². The molecule has 6 heteroatoms. The first-order valence-corrected chi connectivity index (χ1v) is 6.39. The first-order valence-electron chi connectivity index (χ1n) is 4.63. The molecular formula is C10H10N2O2S2. The number of hydrogen-bond donors (Lipinski definition) is 0. The van der Waals surface area contributed by atoms with Crippen LogP contribution in [0.4, 0.5) is 0 Å². The highest BCUT2D eigenvalue weighted by Gasteiger charge is 2.49. The number of nitrogens with zero attached hydrogens (tertiary/aromatic N) is 2. The summed E-state index contributed by atoms with van der Waals surface area (Å²) in [7, 11) is 0. The van der Waals surface area contributed by atoms with E-state index in [0.717, 1.165) is 23.5 Å². The molecule has 16 heavy (non-hydrogen) atoms. The van der Waals surface area contributed by atoms with E-state index < -0.39 is 15.9 Å². The van der Waals surface area contributed by atoms with Crippen LogP contribution < -0.4 is 0 Å². The summed E-state index contributed by atoms with van der Waals surface area (Å²) in [5, 5.41) is 19.9. The molecule has 0 bridgehead atoms. The summed E-state index contributed by atoms with van der Waals surface area (Å²) in [5.41, 5.74) is -1.08. The summed E-state index contributed by atoms with van der Waals surface area (Å²) >= 11 is 1.75. The molecule has 2 atom stereocenters. The van der Waals surface area contributed by atoms with Gasteiger partial charge >= 0.3 is 0 Å². The Morgan fingerprint density at radius 1 is 1.12 bits per heavy atom. The van der Waals surface area contributed by atoms with Crippen molar-refractivity contribution in [2.24, 2.45) is 5.41 Å². The SMILES string of the molecule is CC1(C)C(=O)[C@@H](SC#N)C[C@@H](SC#N)C1=O.